The van der Waals surface area contributed by atoms with E-state index in [1.807, 2.05) is 55.8 Å². The molecule has 3 aromatic rings. The molecule has 3 heterocycles. The van der Waals surface area contributed by atoms with Crippen LogP contribution >= 0.6 is 11.3 Å². The minimum Gasteiger partial charge on any atom is -0.326 e. The number of nitrogens with zero attached hydrogens (tertiary/aromatic N) is 4. The Bertz CT molecular complexity index is 1000. The van der Waals surface area contributed by atoms with Gasteiger partial charge in [0.2, 0.25) is 5.95 Å². The van der Waals surface area contributed by atoms with E-state index in [1.54, 1.807) is 16.0 Å². The lowest BCUT2D eigenvalue weighted by molar-refractivity contribution is -0.113. The highest BCUT2D eigenvalue weighted by atomic mass is 32.1. The molecule has 0 radical (unpaired) electrons. The van der Waals surface area contributed by atoms with E-state index in [2.05, 4.69) is 26.2 Å². The van der Waals surface area contributed by atoms with Gasteiger partial charge in [-0.15, -0.1) is 0 Å². The molecule has 0 saturated carbocycles. The molecule has 2 N–H and O–H groups in total. The summed E-state index contributed by atoms with van der Waals surface area (Å²) < 4.78 is 1.64. The number of carbonyl (C=O) groups is 1. The average molecular weight is 366 g/mol. The van der Waals surface area contributed by atoms with Crippen LogP contribution in [0.25, 0.3) is 0 Å². The van der Waals surface area contributed by atoms with Gasteiger partial charge in [-0.05, 0) is 65.2 Å². The van der Waals surface area contributed by atoms with E-state index < -0.39 is 0 Å². The highest BCUT2D eigenvalue weighted by molar-refractivity contribution is 7.08. The number of tetrazole rings is 1. The lowest BCUT2D eigenvalue weighted by Crippen LogP contribution is -2.31. The summed E-state index contributed by atoms with van der Waals surface area (Å²) in [6.45, 7) is 5.88. The smallest absolute Gasteiger partial charge is 0.255 e. The summed E-state index contributed by atoms with van der Waals surface area (Å²) in [5.41, 5.74) is 5.30. The van der Waals surface area contributed by atoms with E-state index in [1.165, 1.54) is 0 Å². The monoisotopic (exact) mass is 366 g/mol. The maximum atomic E-state index is 13.2. The molecule has 1 aliphatic rings. The number of allylic oxidation sites excluding steroid dienone is 1. The van der Waals surface area contributed by atoms with Crippen molar-refractivity contribution in [2.75, 3.05) is 10.6 Å². The van der Waals surface area contributed by atoms with Crippen molar-refractivity contribution in [1.29, 1.82) is 0 Å². The standard InChI is InChI=1S/C18H18N6OS/c1-10-4-5-14(11(2)8-10)20-17(25)15-12(3)19-18-21-22-23-24(18)16(15)13-6-7-26-9-13/h4-9,16H,1-3H3,(H,20,25)(H,19,21,23). The third-order valence-electron chi connectivity index (χ3n) is 4.45. The molecule has 0 bridgehead atoms. The molecule has 132 valence electrons. The van der Waals surface area contributed by atoms with Crippen LogP contribution in [0.3, 0.4) is 0 Å². The van der Waals surface area contributed by atoms with Crippen molar-refractivity contribution >= 4 is 28.9 Å². The number of thiophene rings is 1. The van der Waals surface area contributed by atoms with Crippen molar-refractivity contribution in [3.05, 3.63) is 63.0 Å². The van der Waals surface area contributed by atoms with Gasteiger partial charge < -0.3 is 10.6 Å². The van der Waals surface area contributed by atoms with Crippen LogP contribution in [0.15, 0.2) is 46.3 Å². The Kier molecular flexibility index (Phi) is 4.04. The Balaban J connectivity index is 1.74. The van der Waals surface area contributed by atoms with E-state index in [-0.39, 0.29) is 11.9 Å². The molecule has 1 amide bonds. The first-order valence-electron chi connectivity index (χ1n) is 8.21. The molecule has 0 saturated heterocycles. The molecule has 2 aromatic heterocycles. The zero-order chi connectivity index (χ0) is 18.3. The number of fused-ring (bicyclic) bond motifs is 1. The second-order valence-electron chi connectivity index (χ2n) is 6.34. The first kappa shape index (κ1) is 16.5. The van der Waals surface area contributed by atoms with E-state index in [4.69, 9.17) is 0 Å². The maximum absolute atomic E-state index is 13.2. The van der Waals surface area contributed by atoms with E-state index in [0.29, 0.717) is 11.5 Å². The highest BCUT2D eigenvalue weighted by Gasteiger charge is 2.34. The minimum absolute atomic E-state index is 0.167. The number of nitrogens with one attached hydrogen (secondary N) is 2. The lowest BCUT2D eigenvalue weighted by atomic mass is 9.97. The van der Waals surface area contributed by atoms with Crippen molar-refractivity contribution < 1.29 is 4.79 Å². The number of aryl methyl sites for hydroxylation is 2. The van der Waals surface area contributed by atoms with Crippen LogP contribution in [0, 0.1) is 13.8 Å². The molecule has 26 heavy (non-hydrogen) atoms. The Morgan fingerprint density at radius 1 is 1.27 bits per heavy atom. The topological polar surface area (TPSA) is 84.7 Å². The molecular weight excluding hydrogens is 348 g/mol. The SMILES string of the molecule is CC1=C(C(=O)Nc2ccc(C)cc2C)C(c2ccsc2)n2nnnc2N1. The molecule has 1 atom stereocenters. The Labute approximate surface area is 154 Å². The van der Waals surface area contributed by atoms with Gasteiger partial charge >= 0.3 is 0 Å². The lowest BCUT2D eigenvalue weighted by Gasteiger charge is -2.27. The first-order chi connectivity index (χ1) is 12.5. The number of hydrogen-bond acceptors (Lipinski definition) is 6. The normalized spacial score (nSPS) is 16.2. The molecule has 1 aliphatic heterocycles. The Morgan fingerprint density at radius 2 is 2.12 bits per heavy atom. The van der Waals surface area contributed by atoms with Crippen LogP contribution in [0.4, 0.5) is 11.6 Å². The molecule has 0 aliphatic carbocycles. The molecule has 8 heteroatoms. The number of rotatable bonds is 3. The second kappa shape index (κ2) is 6.38. The van der Waals surface area contributed by atoms with Gasteiger partial charge in [-0.2, -0.15) is 16.0 Å². The third-order valence-corrected chi connectivity index (χ3v) is 5.15. The fourth-order valence-electron chi connectivity index (χ4n) is 3.19. The van der Waals surface area contributed by atoms with Crippen molar-refractivity contribution in [2.24, 2.45) is 0 Å². The number of benzene rings is 1. The quantitative estimate of drug-likeness (QED) is 0.743. The van der Waals surface area contributed by atoms with Crippen molar-refractivity contribution in [3.63, 3.8) is 0 Å². The predicted octanol–water partition coefficient (Wildman–Crippen LogP) is 3.28. The van der Waals surface area contributed by atoms with Gasteiger partial charge in [-0.1, -0.05) is 22.8 Å². The molecule has 0 spiro atoms. The van der Waals surface area contributed by atoms with Crippen LogP contribution in [0.5, 0.6) is 0 Å². The summed E-state index contributed by atoms with van der Waals surface area (Å²) in [5, 5.41) is 22.0. The zero-order valence-electron chi connectivity index (χ0n) is 14.6. The number of amides is 1. The zero-order valence-corrected chi connectivity index (χ0v) is 15.5. The second-order valence-corrected chi connectivity index (χ2v) is 7.12. The predicted molar refractivity (Wildman–Crippen MR) is 101 cm³/mol. The van der Waals surface area contributed by atoms with Gasteiger partial charge in [0.1, 0.15) is 6.04 Å². The third kappa shape index (κ3) is 2.78. The molecular formula is C18H18N6OS. The van der Waals surface area contributed by atoms with Gasteiger partial charge in [0.25, 0.3) is 5.91 Å². The van der Waals surface area contributed by atoms with Crippen LogP contribution in [0.2, 0.25) is 0 Å². The van der Waals surface area contributed by atoms with Gasteiger partial charge in [-0.3, -0.25) is 4.79 Å². The largest absolute Gasteiger partial charge is 0.326 e. The molecule has 7 nitrogen and oxygen atoms in total. The van der Waals surface area contributed by atoms with Gasteiger partial charge in [-0.25, -0.2) is 0 Å². The Hall–Kier alpha value is -3.00. The number of hydrogen-bond donors (Lipinski definition) is 2. The van der Waals surface area contributed by atoms with Crippen molar-refractivity contribution in [1.82, 2.24) is 20.2 Å². The fraction of sp³-hybridized carbons (Fsp3) is 0.222. The fourth-order valence-corrected chi connectivity index (χ4v) is 3.87. The summed E-state index contributed by atoms with van der Waals surface area (Å²) >= 11 is 1.58. The number of anilines is 2. The molecule has 0 fully saturated rings. The van der Waals surface area contributed by atoms with Crippen molar-refractivity contribution in [2.45, 2.75) is 26.8 Å². The molecule has 1 aromatic carbocycles. The average Bonchev–Trinajstić information content (AvgIpc) is 3.27. The van der Waals surface area contributed by atoms with Gasteiger partial charge in [0, 0.05) is 11.4 Å². The van der Waals surface area contributed by atoms with Crippen LogP contribution in [-0.4, -0.2) is 26.1 Å². The van der Waals surface area contributed by atoms with Crippen molar-refractivity contribution in [3.8, 4) is 0 Å². The minimum atomic E-state index is -0.363. The summed E-state index contributed by atoms with van der Waals surface area (Å²) in [4.78, 5) is 13.2. The number of aromatic nitrogens is 4. The summed E-state index contributed by atoms with van der Waals surface area (Å²) in [5.74, 6) is 0.362. The summed E-state index contributed by atoms with van der Waals surface area (Å²) in [6, 6.07) is 7.59. The molecule has 4 rings (SSSR count). The molecule has 1 unspecified atom stereocenters. The highest BCUT2D eigenvalue weighted by Crippen LogP contribution is 2.35. The van der Waals surface area contributed by atoms with E-state index >= 15 is 0 Å². The number of carbonyl (C=O) groups excluding carboxylic acids is 1. The van der Waals surface area contributed by atoms with E-state index in [9.17, 15) is 4.79 Å². The van der Waals surface area contributed by atoms with Crippen LogP contribution in [0.1, 0.15) is 29.7 Å². The Morgan fingerprint density at radius 3 is 2.85 bits per heavy atom. The van der Waals surface area contributed by atoms with Crippen LogP contribution < -0.4 is 10.6 Å². The maximum Gasteiger partial charge on any atom is 0.255 e. The van der Waals surface area contributed by atoms with Crippen LogP contribution in [-0.2, 0) is 4.79 Å². The van der Waals surface area contributed by atoms with E-state index in [0.717, 1.165) is 28.1 Å². The summed E-state index contributed by atoms with van der Waals surface area (Å²) in [7, 11) is 0. The summed E-state index contributed by atoms with van der Waals surface area (Å²) in [6.07, 6.45) is 0. The first-order valence-corrected chi connectivity index (χ1v) is 9.15. The van der Waals surface area contributed by atoms with Gasteiger partial charge in [0.05, 0.1) is 5.57 Å². The van der Waals surface area contributed by atoms with Gasteiger partial charge in [0.15, 0.2) is 0 Å².